The monoisotopic (exact) mass is 272 g/mol. The SMILES string of the molecule is COCCOCCc1nc(Cl)c2c(n1)CCOC2. The van der Waals surface area contributed by atoms with E-state index in [4.69, 9.17) is 25.8 Å². The molecule has 0 N–H and O–H groups in total. The average molecular weight is 273 g/mol. The van der Waals surface area contributed by atoms with Gasteiger partial charge in [-0.2, -0.15) is 0 Å². The molecule has 0 saturated heterocycles. The second-order valence-electron chi connectivity index (χ2n) is 4.01. The van der Waals surface area contributed by atoms with Crippen LogP contribution in [-0.4, -0.2) is 43.5 Å². The van der Waals surface area contributed by atoms with Crippen molar-refractivity contribution in [1.29, 1.82) is 0 Å². The molecular formula is C12H17ClN2O3. The minimum atomic E-state index is 0.506. The van der Waals surface area contributed by atoms with Gasteiger partial charge < -0.3 is 14.2 Å². The van der Waals surface area contributed by atoms with Gasteiger partial charge in [-0.25, -0.2) is 9.97 Å². The maximum absolute atomic E-state index is 6.12. The molecule has 18 heavy (non-hydrogen) atoms. The lowest BCUT2D eigenvalue weighted by Gasteiger charge is -2.17. The van der Waals surface area contributed by atoms with E-state index in [0.29, 0.717) is 44.6 Å². The van der Waals surface area contributed by atoms with E-state index in [1.54, 1.807) is 7.11 Å². The summed E-state index contributed by atoms with van der Waals surface area (Å²) in [6.07, 6.45) is 1.46. The lowest BCUT2D eigenvalue weighted by molar-refractivity contribution is 0.0715. The van der Waals surface area contributed by atoms with E-state index in [1.165, 1.54) is 0 Å². The molecule has 0 aliphatic carbocycles. The van der Waals surface area contributed by atoms with Gasteiger partial charge in [-0.3, -0.25) is 0 Å². The van der Waals surface area contributed by atoms with Crippen molar-refractivity contribution in [3.63, 3.8) is 0 Å². The van der Waals surface area contributed by atoms with Gasteiger partial charge >= 0.3 is 0 Å². The molecule has 100 valence electrons. The van der Waals surface area contributed by atoms with E-state index in [1.807, 2.05) is 0 Å². The summed E-state index contributed by atoms with van der Waals surface area (Å²) < 4.78 is 15.6. The molecule has 1 aliphatic heterocycles. The molecule has 0 aromatic carbocycles. The Bertz CT molecular complexity index is 401. The van der Waals surface area contributed by atoms with Crippen LogP contribution in [0.15, 0.2) is 0 Å². The normalized spacial score (nSPS) is 14.6. The van der Waals surface area contributed by atoms with Crippen LogP contribution < -0.4 is 0 Å². The average Bonchev–Trinajstić information content (AvgIpc) is 2.39. The van der Waals surface area contributed by atoms with Crippen molar-refractivity contribution >= 4 is 11.6 Å². The first-order valence-corrected chi connectivity index (χ1v) is 6.37. The van der Waals surface area contributed by atoms with Gasteiger partial charge in [-0.1, -0.05) is 11.6 Å². The first kappa shape index (κ1) is 13.7. The second-order valence-corrected chi connectivity index (χ2v) is 4.37. The van der Waals surface area contributed by atoms with Crippen LogP contribution in [-0.2, 0) is 33.7 Å². The fourth-order valence-corrected chi connectivity index (χ4v) is 2.02. The number of aromatic nitrogens is 2. The molecule has 0 spiro atoms. The molecule has 0 bridgehead atoms. The smallest absolute Gasteiger partial charge is 0.138 e. The summed E-state index contributed by atoms with van der Waals surface area (Å²) in [4.78, 5) is 8.77. The standard InChI is InChI=1S/C12H17ClN2O3/c1-16-6-7-17-5-3-11-14-10-2-4-18-8-9(10)12(13)15-11/h2-8H2,1H3. The highest BCUT2D eigenvalue weighted by Gasteiger charge is 2.16. The Morgan fingerprint density at radius 3 is 3.00 bits per heavy atom. The molecular weight excluding hydrogens is 256 g/mol. The summed E-state index contributed by atoms with van der Waals surface area (Å²) in [5, 5.41) is 0.506. The van der Waals surface area contributed by atoms with E-state index in [2.05, 4.69) is 9.97 Å². The third kappa shape index (κ3) is 3.62. The molecule has 0 unspecified atom stereocenters. The van der Waals surface area contributed by atoms with Crippen molar-refractivity contribution in [2.45, 2.75) is 19.4 Å². The fourth-order valence-electron chi connectivity index (χ4n) is 1.76. The number of fused-ring (bicyclic) bond motifs is 1. The van der Waals surface area contributed by atoms with Crippen LogP contribution in [0.5, 0.6) is 0 Å². The molecule has 0 amide bonds. The zero-order chi connectivity index (χ0) is 12.8. The highest BCUT2D eigenvalue weighted by atomic mass is 35.5. The Balaban J connectivity index is 1.91. The Hall–Kier alpha value is -0.750. The Labute approximate surface area is 111 Å². The molecule has 1 aromatic heterocycles. The minimum absolute atomic E-state index is 0.506. The van der Waals surface area contributed by atoms with Crippen molar-refractivity contribution in [2.75, 3.05) is 33.5 Å². The van der Waals surface area contributed by atoms with Crippen molar-refractivity contribution in [3.8, 4) is 0 Å². The van der Waals surface area contributed by atoms with Gasteiger partial charge in [0.2, 0.25) is 0 Å². The summed E-state index contributed by atoms with van der Waals surface area (Å²) >= 11 is 6.12. The highest BCUT2D eigenvalue weighted by molar-refractivity contribution is 6.30. The molecule has 0 atom stereocenters. The van der Waals surface area contributed by atoms with Gasteiger partial charge in [-0.05, 0) is 0 Å². The van der Waals surface area contributed by atoms with Gasteiger partial charge in [0.15, 0.2) is 0 Å². The van der Waals surface area contributed by atoms with Crippen molar-refractivity contribution in [1.82, 2.24) is 9.97 Å². The maximum atomic E-state index is 6.12. The van der Waals surface area contributed by atoms with Crippen LogP contribution in [0.4, 0.5) is 0 Å². The van der Waals surface area contributed by atoms with Gasteiger partial charge in [0.1, 0.15) is 11.0 Å². The molecule has 1 aromatic rings. The van der Waals surface area contributed by atoms with E-state index in [-0.39, 0.29) is 0 Å². The minimum Gasteiger partial charge on any atom is -0.382 e. The van der Waals surface area contributed by atoms with Gasteiger partial charge in [0.25, 0.3) is 0 Å². The quantitative estimate of drug-likeness (QED) is 0.579. The summed E-state index contributed by atoms with van der Waals surface area (Å²) in [5.41, 5.74) is 1.93. The summed E-state index contributed by atoms with van der Waals surface area (Å²) in [7, 11) is 1.65. The number of ether oxygens (including phenoxy) is 3. The Morgan fingerprint density at radius 2 is 2.17 bits per heavy atom. The zero-order valence-electron chi connectivity index (χ0n) is 10.4. The molecule has 1 aliphatic rings. The van der Waals surface area contributed by atoms with Crippen molar-refractivity contribution in [2.24, 2.45) is 0 Å². The number of hydrogen-bond donors (Lipinski definition) is 0. The highest BCUT2D eigenvalue weighted by Crippen LogP contribution is 2.22. The third-order valence-corrected chi connectivity index (χ3v) is 3.03. The number of rotatable bonds is 6. The molecule has 0 saturated carbocycles. The van der Waals surface area contributed by atoms with E-state index in [9.17, 15) is 0 Å². The van der Waals surface area contributed by atoms with E-state index in [0.717, 1.165) is 23.5 Å². The summed E-state index contributed by atoms with van der Waals surface area (Å²) in [5.74, 6) is 0.734. The fraction of sp³-hybridized carbons (Fsp3) is 0.667. The second kappa shape index (κ2) is 6.99. The van der Waals surface area contributed by atoms with Crippen LogP contribution in [0.1, 0.15) is 17.1 Å². The number of hydrogen-bond acceptors (Lipinski definition) is 5. The molecule has 5 nitrogen and oxygen atoms in total. The Kier molecular flexibility index (Phi) is 5.31. The number of nitrogens with zero attached hydrogens (tertiary/aromatic N) is 2. The van der Waals surface area contributed by atoms with Crippen LogP contribution >= 0.6 is 11.6 Å². The maximum Gasteiger partial charge on any atom is 0.138 e. The van der Waals surface area contributed by atoms with Crippen molar-refractivity contribution < 1.29 is 14.2 Å². The largest absolute Gasteiger partial charge is 0.382 e. The summed E-state index contributed by atoms with van der Waals surface area (Å²) in [6, 6.07) is 0. The van der Waals surface area contributed by atoms with Crippen LogP contribution in [0.3, 0.4) is 0 Å². The number of methoxy groups -OCH3 is 1. The van der Waals surface area contributed by atoms with E-state index < -0.39 is 0 Å². The molecule has 0 fully saturated rings. The molecule has 2 heterocycles. The predicted octanol–water partition coefficient (Wildman–Crippen LogP) is 1.41. The lowest BCUT2D eigenvalue weighted by Crippen LogP contribution is -2.16. The van der Waals surface area contributed by atoms with Crippen LogP contribution in [0.25, 0.3) is 0 Å². The van der Waals surface area contributed by atoms with E-state index >= 15 is 0 Å². The predicted molar refractivity (Wildman–Crippen MR) is 66.8 cm³/mol. The molecule has 6 heteroatoms. The van der Waals surface area contributed by atoms with Gasteiger partial charge in [0.05, 0.1) is 38.7 Å². The van der Waals surface area contributed by atoms with Gasteiger partial charge in [0, 0.05) is 25.5 Å². The number of halogens is 1. The summed E-state index contributed by atoms with van der Waals surface area (Å²) in [6.45, 7) is 2.98. The van der Waals surface area contributed by atoms with Crippen LogP contribution in [0.2, 0.25) is 5.15 Å². The zero-order valence-corrected chi connectivity index (χ0v) is 11.2. The molecule has 0 radical (unpaired) electrons. The lowest BCUT2D eigenvalue weighted by atomic mass is 10.1. The van der Waals surface area contributed by atoms with Gasteiger partial charge in [-0.15, -0.1) is 0 Å². The third-order valence-electron chi connectivity index (χ3n) is 2.72. The topological polar surface area (TPSA) is 53.5 Å². The molecule has 2 rings (SSSR count). The van der Waals surface area contributed by atoms with Crippen molar-refractivity contribution in [3.05, 3.63) is 22.2 Å². The first-order valence-electron chi connectivity index (χ1n) is 6.00. The van der Waals surface area contributed by atoms with Crippen LogP contribution in [0, 0.1) is 0 Å². The Morgan fingerprint density at radius 1 is 1.28 bits per heavy atom. The first-order chi connectivity index (χ1) is 8.81.